The Morgan fingerprint density at radius 2 is 2.19 bits per heavy atom. The summed E-state index contributed by atoms with van der Waals surface area (Å²) in [6.45, 7) is 0. The van der Waals surface area contributed by atoms with Crippen LogP contribution in [-0.2, 0) is 14.4 Å². The van der Waals surface area contributed by atoms with E-state index in [1.165, 1.54) is 7.11 Å². The lowest BCUT2D eigenvalue weighted by atomic mass is 10.1. The number of oxime groups is 1. The summed E-state index contributed by atoms with van der Waals surface area (Å²) >= 11 is 3.36. The summed E-state index contributed by atoms with van der Waals surface area (Å²) in [5.41, 5.74) is 1.72. The molecule has 1 atom stereocenters. The molecule has 84 valence electrons. The number of nitrogens with zero attached hydrogens (tertiary/aromatic N) is 1. The van der Waals surface area contributed by atoms with Crippen molar-refractivity contribution in [3.8, 4) is 0 Å². The molecule has 1 aliphatic rings. The van der Waals surface area contributed by atoms with Crippen molar-refractivity contribution in [1.29, 1.82) is 0 Å². The van der Waals surface area contributed by atoms with E-state index in [0.717, 1.165) is 15.7 Å². The number of carbonyl (C=O) groups excluding carboxylic acids is 1. The van der Waals surface area contributed by atoms with E-state index in [9.17, 15) is 4.79 Å². The van der Waals surface area contributed by atoms with Crippen LogP contribution in [0.15, 0.2) is 33.9 Å². The molecule has 0 aromatic heterocycles. The monoisotopic (exact) mass is 283 g/mol. The summed E-state index contributed by atoms with van der Waals surface area (Å²) in [5, 5.41) is 3.89. The van der Waals surface area contributed by atoms with Crippen LogP contribution in [-0.4, -0.2) is 24.9 Å². The van der Waals surface area contributed by atoms with Gasteiger partial charge in [-0.2, -0.15) is 0 Å². The van der Waals surface area contributed by atoms with Crippen LogP contribution in [0.4, 0.5) is 0 Å². The number of methoxy groups -OCH3 is 1. The summed E-state index contributed by atoms with van der Waals surface area (Å²) < 4.78 is 5.59. The first-order valence-corrected chi connectivity index (χ1v) is 5.56. The van der Waals surface area contributed by atoms with E-state index >= 15 is 0 Å². The molecule has 1 aromatic carbocycles. The minimum atomic E-state index is -0.608. The molecule has 4 nitrogen and oxygen atoms in total. The van der Waals surface area contributed by atoms with Gasteiger partial charge in [0.25, 0.3) is 0 Å². The molecule has 0 fully saturated rings. The quantitative estimate of drug-likeness (QED) is 0.781. The number of halogens is 1. The molecular weight excluding hydrogens is 274 g/mol. The third-order valence-electron chi connectivity index (χ3n) is 2.31. The van der Waals surface area contributed by atoms with Crippen LogP contribution >= 0.6 is 15.9 Å². The van der Waals surface area contributed by atoms with Gasteiger partial charge in [-0.3, -0.25) is 0 Å². The van der Waals surface area contributed by atoms with Gasteiger partial charge < -0.3 is 9.57 Å². The van der Waals surface area contributed by atoms with Crippen LogP contribution < -0.4 is 0 Å². The number of hydrogen-bond donors (Lipinski definition) is 0. The van der Waals surface area contributed by atoms with Gasteiger partial charge in [-0.1, -0.05) is 33.2 Å². The van der Waals surface area contributed by atoms with Crippen LogP contribution in [0.2, 0.25) is 0 Å². The number of ether oxygens (including phenoxy) is 1. The molecule has 16 heavy (non-hydrogen) atoms. The van der Waals surface area contributed by atoms with E-state index in [-0.39, 0.29) is 0 Å². The van der Waals surface area contributed by atoms with Crippen molar-refractivity contribution >= 4 is 27.6 Å². The molecule has 5 heteroatoms. The van der Waals surface area contributed by atoms with Crippen molar-refractivity contribution < 1.29 is 14.4 Å². The topological polar surface area (TPSA) is 47.9 Å². The fourth-order valence-electron chi connectivity index (χ4n) is 1.45. The van der Waals surface area contributed by atoms with Crippen molar-refractivity contribution in [2.45, 2.75) is 12.5 Å². The molecule has 0 saturated carbocycles. The molecule has 0 amide bonds. The Balaban J connectivity index is 2.08. The Kier molecular flexibility index (Phi) is 3.24. The van der Waals surface area contributed by atoms with Crippen LogP contribution in [0, 0.1) is 0 Å². The van der Waals surface area contributed by atoms with Crippen LogP contribution in [0.5, 0.6) is 0 Å². The number of rotatable bonds is 2. The Morgan fingerprint density at radius 1 is 1.50 bits per heavy atom. The Bertz CT molecular complexity index is 427. The van der Waals surface area contributed by atoms with Gasteiger partial charge in [0.1, 0.15) is 0 Å². The van der Waals surface area contributed by atoms with E-state index in [1.54, 1.807) is 0 Å². The van der Waals surface area contributed by atoms with E-state index in [4.69, 9.17) is 4.84 Å². The lowest BCUT2D eigenvalue weighted by molar-refractivity contribution is -0.152. The highest BCUT2D eigenvalue weighted by Crippen LogP contribution is 2.19. The van der Waals surface area contributed by atoms with Crippen molar-refractivity contribution in [3.63, 3.8) is 0 Å². The molecule has 0 radical (unpaired) electrons. The molecule has 0 saturated heterocycles. The number of hydrogen-bond acceptors (Lipinski definition) is 4. The first-order chi connectivity index (χ1) is 7.70. The first kappa shape index (κ1) is 11.1. The van der Waals surface area contributed by atoms with E-state index < -0.39 is 12.1 Å². The molecule has 1 aliphatic heterocycles. The average Bonchev–Trinajstić information content (AvgIpc) is 2.78. The van der Waals surface area contributed by atoms with Crippen molar-refractivity contribution in [1.82, 2.24) is 0 Å². The maximum Gasteiger partial charge on any atom is 0.350 e. The average molecular weight is 284 g/mol. The lowest BCUT2D eigenvalue weighted by Crippen LogP contribution is -2.22. The van der Waals surface area contributed by atoms with Gasteiger partial charge >= 0.3 is 5.97 Å². The zero-order valence-corrected chi connectivity index (χ0v) is 10.2. The van der Waals surface area contributed by atoms with Gasteiger partial charge in [0.05, 0.1) is 12.8 Å². The second-order valence-corrected chi connectivity index (χ2v) is 4.28. The fourth-order valence-corrected chi connectivity index (χ4v) is 1.71. The van der Waals surface area contributed by atoms with E-state index in [2.05, 4.69) is 25.8 Å². The third-order valence-corrected chi connectivity index (χ3v) is 2.84. The maximum absolute atomic E-state index is 11.2. The van der Waals surface area contributed by atoms with Gasteiger partial charge in [-0.15, -0.1) is 0 Å². The first-order valence-electron chi connectivity index (χ1n) is 4.77. The second-order valence-electron chi connectivity index (χ2n) is 3.37. The zero-order chi connectivity index (χ0) is 11.5. The van der Waals surface area contributed by atoms with Crippen molar-refractivity contribution in [2.75, 3.05) is 7.11 Å². The number of carbonyl (C=O) groups is 1. The van der Waals surface area contributed by atoms with Gasteiger partial charge in [0.2, 0.25) is 6.10 Å². The van der Waals surface area contributed by atoms with E-state index in [0.29, 0.717) is 6.42 Å². The van der Waals surface area contributed by atoms with Crippen LogP contribution in [0.3, 0.4) is 0 Å². The Hall–Kier alpha value is -1.36. The molecule has 0 aliphatic carbocycles. The normalized spacial score (nSPS) is 18.9. The summed E-state index contributed by atoms with van der Waals surface area (Å²) in [5.74, 6) is -0.393. The summed E-state index contributed by atoms with van der Waals surface area (Å²) in [6.07, 6.45) is -0.155. The molecular formula is C11H10BrNO3. The smallest absolute Gasteiger partial charge is 0.350 e. The summed E-state index contributed by atoms with van der Waals surface area (Å²) in [7, 11) is 1.34. The SMILES string of the molecule is COC(=O)[C@H]1CC(c2ccc(Br)cc2)=NO1. The highest BCUT2D eigenvalue weighted by molar-refractivity contribution is 9.10. The molecule has 0 unspecified atom stereocenters. The highest BCUT2D eigenvalue weighted by Gasteiger charge is 2.29. The molecule has 0 N–H and O–H groups in total. The summed E-state index contributed by atoms with van der Waals surface area (Å²) in [6, 6.07) is 7.69. The predicted molar refractivity (Wildman–Crippen MR) is 62.2 cm³/mol. The van der Waals surface area contributed by atoms with Crippen LogP contribution in [0.25, 0.3) is 0 Å². The Labute approximate surface area is 101 Å². The van der Waals surface area contributed by atoms with Gasteiger partial charge in [0, 0.05) is 10.9 Å². The highest BCUT2D eigenvalue weighted by atomic mass is 79.9. The number of esters is 1. The fraction of sp³-hybridized carbons (Fsp3) is 0.273. The van der Waals surface area contributed by atoms with Crippen molar-refractivity contribution in [3.05, 3.63) is 34.3 Å². The molecule has 0 spiro atoms. The molecule has 2 rings (SSSR count). The van der Waals surface area contributed by atoms with Gasteiger partial charge in [0.15, 0.2) is 0 Å². The Morgan fingerprint density at radius 3 is 2.81 bits per heavy atom. The van der Waals surface area contributed by atoms with Crippen LogP contribution in [0.1, 0.15) is 12.0 Å². The number of benzene rings is 1. The van der Waals surface area contributed by atoms with Gasteiger partial charge in [-0.25, -0.2) is 4.79 Å². The largest absolute Gasteiger partial charge is 0.466 e. The maximum atomic E-state index is 11.2. The molecule has 1 heterocycles. The minimum absolute atomic E-state index is 0.393. The zero-order valence-electron chi connectivity index (χ0n) is 8.64. The molecule has 1 aromatic rings. The van der Waals surface area contributed by atoms with E-state index in [1.807, 2.05) is 24.3 Å². The van der Waals surface area contributed by atoms with Gasteiger partial charge in [-0.05, 0) is 17.7 Å². The standard InChI is InChI=1S/C11H10BrNO3/c1-15-11(14)10-6-9(13-16-10)7-2-4-8(12)5-3-7/h2-5,10H,6H2,1H3/t10-/m1/s1. The second kappa shape index (κ2) is 4.65. The lowest BCUT2D eigenvalue weighted by Gasteiger charge is -2.04. The minimum Gasteiger partial charge on any atom is -0.466 e. The molecule has 0 bridgehead atoms. The predicted octanol–water partition coefficient (Wildman–Crippen LogP) is 2.12. The summed E-state index contributed by atoms with van der Waals surface area (Å²) in [4.78, 5) is 16.2. The third kappa shape index (κ3) is 2.24. The van der Waals surface area contributed by atoms with Crippen molar-refractivity contribution in [2.24, 2.45) is 5.16 Å².